The molecule has 120 valence electrons. The summed E-state index contributed by atoms with van der Waals surface area (Å²) in [7, 11) is 1.66. The average molecular weight is 321 g/mol. The molecule has 5 nitrogen and oxygen atoms in total. The Kier molecular flexibility index (Phi) is 6.30. The van der Waals surface area contributed by atoms with Crippen LogP contribution in [-0.4, -0.2) is 46.6 Å². The van der Waals surface area contributed by atoms with Crippen molar-refractivity contribution in [1.82, 2.24) is 15.5 Å². The molecule has 0 spiro atoms. The quantitative estimate of drug-likeness (QED) is 0.696. The second-order valence-electron chi connectivity index (χ2n) is 5.13. The number of hydrogen-bond donors (Lipinski definition) is 3. The number of ether oxygens (including phenoxy) is 1. The predicted molar refractivity (Wildman–Crippen MR) is 91.3 cm³/mol. The molecule has 0 saturated heterocycles. The Morgan fingerprint density at radius 3 is 2.68 bits per heavy atom. The highest BCUT2D eigenvalue weighted by Crippen LogP contribution is 2.24. The third kappa shape index (κ3) is 4.03. The average Bonchev–Trinajstić information content (AvgIpc) is 3.02. The summed E-state index contributed by atoms with van der Waals surface area (Å²) in [4.78, 5) is 0. The Hall–Kier alpha value is -1.50. The van der Waals surface area contributed by atoms with Gasteiger partial charge in [-0.1, -0.05) is 0 Å². The van der Waals surface area contributed by atoms with Crippen molar-refractivity contribution in [1.29, 1.82) is 0 Å². The standard InChI is InChI=1S/C16H23N3O2S/c1-11(15(10-20)22-3)17-8-13-9-18-19-16(13)12-4-6-14(21-2)7-5-12/h4-7,9,11,15,17,20H,8,10H2,1-3H3,(H,18,19). The maximum Gasteiger partial charge on any atom is 0.118 e. The van der Waals surface area contributed by atoms with Gasteiger partial charge in [0.1, 0.15) is 5.75 Å². The van der Waals surface area contributed by atoms with E-state index in [9.17, 15) is 5.11 Å². The number of methoxy groups -OCH3 is 1. The fraction of sp³-hybridized carbons (Fsp3) is 0.438. The second kappa shape index (κ2) is 8.22. The molecule has 1 heterocycles. The summed E-state index contributed by atoms with van der Waals surface area (Å²) in [5.74, 6) is 0.835. The summed E-state index contributed by atoms with van der Waals surface area (Å²) in [6.07, 6.45) is 3.85. The van der Waals surface area contributed by atoms with Crippen LogP contribution in [-0.2, 0) is 6.54 Å². The Labute approximate surface area is 135 Å². The van der Waals surface area contributed by atoms with E-state index in [4.69, 9.17) is 4.74 Å². The molecule has 0 aliphatic heterocycles. The van der Waals surface area contributed by atoms with Crippen LogP contribution in [0.25, 0.3) is 11.3 Å². The number of rotatable bonds is 8. The summed E-state index contributed by atoms with van der Waals surface area (Å²) in [5.41, 5.74) is 3.19. The van der Waals surface area contributed by atoms with E-state index in [-0.39, 0.29) is 17.9 Å². The molecule has 2 rings (SSSR count). The minimum absolute atomic E-state index is 0.173. The van der Waals surface area contributed by atoms with Gasteiger partial charge in [0, 0.05) is 29.0 Å². The van der Waals surface area contributed by atoms with Crippen LogP contribution >= 0.6 is 11.8 Å². The monoisotopic (exact) mass is 321 g/mol. The lowest BCUT2D eigenvalue weighted by atomic mass is 10.1. The van der Waals surface area contributed by atoms with Crippen molar-refractivity contribution in [2.75, 3.05) is 20.0 Å². The molecule has 1 aromatic carbocycles. The van der Waals surface area contributed by atoms with Gasteiger partial charge in [0.15, 0.2) is 0 Å². The molecule has 0 bridgehead atoms. The van der Waals surface area contributed by atoms with Crippen LogP contribution in [0.2, 0.25) is 0 Å². The largest absolute Gasteiger partial charge is 0.497 e. The van der Waals surface area contributed by atoms with Gasteiger partial charge in [-0.3, -0.25) is 5.10 Å². The number of H-pyrrole nitrogens is 1. The van der Waals surface area contributed by atoms with Crippen molar-refractivity contribution >= 4 is 11.8 Å². The fourth-order valence-corrected chi connectivity index (χ4v) is 2.95. The van der Waals surface area contributed by atoms with E-state index in [1.54, 1.807) is 18.9 Å². The zero-order valence-corrected chi connectivity index (χ0v) is 14.0. The van der Waals surface area contributed by atoms with Crippen molar-refractivity contribution in [3.05, 3.63) is 36.0 Å². The highest BCUT2D eigenvalue weighted by atomic mass is 32.2. The highest BCUT2D eigenvalue weighted by molar-refractivity contribution is 7.99. The smallest absolute Gasteiger partial charge is 0.118 e. The van der Waals surface area contributed by atoms with Gasteiger partial charge in [0.2, 0.25) is 0 Å². The summed E-state index contributed by atoms with van der Waals surface area (Å²) in [6.45, 7) is 2.96. The second-order valence-corrected chi connectivity index (χ2v) is 6.20. The van der Waals surface area contributed by atoms with E-state index in [1.165, 1.54) is 0 Å². The van der Waals surface area contributed by atoms with Crippen molar-refractivity contribution in [2.45, 2.75) is 24.8 Å². The Balaban J connectivity index is 2.06. The van der Waals surface area contributed by atoms with Crippen molar-refractivity contribution < 1.29 is 9.84 Å². The molecule has 2 unspecified atom stereocenters. The molecule has 0 fully saturated rings. The first-order chi connectivity index (χ1) is 10.7. The summed E-state index contributed by atoms with van der Waals surface area (Å²) in [5, 5.41) is 20.2. The number of nitrogens with one attached hydrogen (secondary N) is 2. The molecule has 0 radical (unpaired) electrons. The van der Waals surface area contributed by atoms with Crippen molar-refractivity contribution in [3.8, 4) is 17.0 Å². The zero-order chi connectivity index (χ0) is 15.9. The number of aromatic amines is 1. The van der Waals surface area contributed by atoms with E-state index in [2.05, 4.69) is 22.4 Å². The molecular formula is C16H23N3O2S. The van der Waals surface area contributed by atoms with Crippen LogP contribution in [0, 0.1) is 0 Å². The minimum Gasteiger partial charge on any atom is -0.497 e. The third-order valence-electron chi connectivity index (χ3n) is 3.75. The number of aliphatic hydroxyl groups excluding tert-OH is 1. The van der Waals surface area contributed by atoms with Crippen LogP contribution in [0.3, 0.4) is 0 Å². The molecule has 0 aliphatic carbocycles. The van der Waals surface area contributed by atoms with Crippen LogP contribution in [0.15, 0.2) is 30.5 Å². The number of aromatic nitrogens is 2. The molecular weight excluding hydrogens is 298 g/mol. The predicted octanol–water partition coefficient (Wildman–Crippen LogP) is 2.29. The minimum atomic E-state index is 0.173. The number of nitrogens with zero attached hydrogens (tertiary/aromatic N) is 1. The summed E-state index contributed by atoms with van der Waals surface area (Å²) >= 11 is 1.67. The van der Waals surface area contributed by atoms with Crippen LogP contribution in [0.4, 0.5) is 0 Å². The van der Waals surface area contributed by atoms with Gasteiger partial charge in [0.05, 0.1) is 25.6 Å². The van der Waals surface area contributed by atoms with Gasteiger partial charge in [0.25, 0.3) is 0 Å². The Morgan fingerprint density at radius 1 is 1.36 bits per heavy atom. The van der Waals surface area contributed by atoms with E-state index < -0.39 is 0 Å². The first kappa shape index (κ1) is 16.9. The van der Waals surface area contributed by atoms with Gasteiger partial charge < -0.3 is 15.2 Å². The molecule has 0 aliphatic rings. The number of thioether (sulfide) groups is 1. The number of benzene rings is 1. The van der Waals surface area contributed by atoms with E-state index >= 15 is 0 Å². The Morgan fingerprint density at radius 2 is 2.09 bits per heavy atom. The lowest BCUT2D eigenvalue weighted by Gasteiger charge is -2.21. The molecule has 1 aromatic heterocycles. The maximum atomic E-state index is 9.34. The summed E-state index contributed by atoms with van der Waals surface area (Å²) < 4.78 is 5.18. The molecule has 6 heteroatoms. The molecule has 2 atom stereocenters. The number of hydrogen-bond acceptors (Lipinski definition) is 5. The first-order valence-corrected chi connectivity index (χ1v) is 8.52. The SMILES string of the molecule is COc1ccc(-c2[nH]ncc2CNC(C)C(CO)SC)cc1. The van der Waals surface area contributed by atoms with Crippen LogP contribution in [0.5, 0.6) is 5.75 Å². The molecule has 0 saturated carbocycles. The molecule has 22 heavy (non-hydrogen) atoms. The normalized spacial score (nSPS) is 13.8. The highest BCUT2D eigenvalue weighted by Gasteiger charge is 2.16. The lowest BCUT2D eigenvalue weighted by Crippen LogP contribution is -2.37. The van der Waals surface area contributed by atoms with Gasteiger partial charge in [-0.05, 0) is 37.4 Å². The van der Waals surface area contributed by atoms with Crippen molar-refractivity contribution in [2.24, 2.45) is 0 Å². The molecule has 2 aromatic rings. The lowest BCUT2D eigenvalue weighted by molar-refractivity contribution is 0.276. The van der Waals surface area contributed by atoms with Gasteiger partial charge in [-0.25, -0.2) is 0 Å². The van der Waals surface area contributed by atoms with Gasteiger partial charge >= 0.3 is 0 Å². The number of aliphatic hydroxyl groups is 1. The molecule has 0 amide bonds. The van der Waals surface area contributed by atoms with Crippen LogP contribution in [0.1, 0.15) is 12.5 Å². The van der Waals surface area contributed by atoms with Gasteiger partial charge in [-0.15, -0.1) is 0 Å². The third-order valence-corrected chi connectivity index (χ3v) is 4.91. The van der Waals surface area contributed by atoms with Crippen molar-refractivity contribution in [3.63, 3.8) is 0 Å². The van der Waals surface area contributed by atoms with E-state index in [0.717, 1.165) is 22.6 Å². The first-order valence-electron chi connectivity index (χ1n) is 7.23. The Bertz CT molecular complexity index is 567. The maximum absolute atomic E-state index is 9.34. The summed E-state index contributed by atoms with van der Waals surface area (Å²) in [6, 6.07) is 8.12. The molecule has 3 N–H and O–H groups in total. The topological polar surface area (TPSA) is 70.2 Å². The van der Waals surface area contributed by atoms with E-state index in [0.29, 0.717) is 6.54 Å². The van der Waals surface area contributed by atoms with E-state index in [1.807, 2.05) is 36.7 Å². The van der Waals surface area contributed by atoms with Gasteiger partial charge in [-0.2, -0.15) is 16.9 Å². The fourth-order valence-electron chi connectivity index (χ4n) is 2.29. The zero-order valence-electron chi connectivity index (χ0n) is 13.2. The van der Waals surface area contributed by atoms with Crippen LogP contribution < -0.4 is 10.1 Å².